The van der Waals surface area contributed by atoms with E-state index >= 15 is 0 Å². The van der Waals surface area contributed by atoms with Crippen molar-refractivity contribution in [2.45, 2.75) is 12.5 Å². The lowest BCUT2D eigenvalue weighted by molar-refractivity contribution is 0.190. The second-order valence-corrected chi connectivity index (χ2v) is 6.02. The number of nitrogens with one attached hydrogen (secondary N) is 1. The average molecular weight is 310 g/mol. The second kappa shape index (κ2) is 6.79. The number of hydrogen-bond donors (Lipinski definition) is 1. The average Bonchev–Trinajstić information content (AvgIpc) is 2.55. The Morgan fingerprint density at radius 3 is 2.70 bits per heavy atom. The minimum Gasteiger partial charge on any atom is -0.312 e. The zero-order chi connectivity index (χ0) is 16.2. The molecule has 0 radical (unpaired) electrons. The Kier molecular flexibility index (Phi) is 4.57. The van der Waals surface area contributed by atoms with Gasteiger partial charge in [0.1, 0.15) is 6.04 Å². The third-order valence-corrected chi connectivity index (χ3v) is 4.04. The normalized spacial score (nSPS) is 17.1. The van der Waals surface area contributed by atoms with Crippen molar-refractivity contribution in [2.75, 3.05) is 32.5 Å². The highest BCUT2D eigenvalue weighted by Crippen LogP contribution is 2.36. The predicted molar refractivity (Wildman–Crippen MR) is 91.4 cm³/mol. The van der Waals surface area contributed by atoms with Crippen molar-refractivity contribution >= 4 is 11.7 Å². The second-order valence-electron chi connectivity index (χ2n) is 6.02. The van der Waals surface area contributed by atoms with Gasteiger partial charge < -0.3 is 15.1 Å². The fraction of sp³-hybridized carbons (Fsp3) is 0.333. The van der Waals surface area contributed by atoms with Gasteiger partial charge in [0.15, 0.2) is 0 Å². The molecule has 0 saturated heterocycles. The maximum absolute atomic E-state index is 12.6. The van der Waals surface area contributed by atoms with Gasteiger partial charge in [-0.1, -0.05) is 24.3 Å². The van der Waals surface area contributed by atoms with E-state index in [1.807, 2.05) is 55.4 Å². The highest BCUT2D eigenvalue weighted by molar-refractivity contribution is 5.93. The monoisotopic (exact) mass is 310 g/mol. The molecule has 2 heterocycles. The molecule has 0 spiro atoms. The Morgan fingerprint density at radius 1 is 1.17 bits per heavy atom. The highest BCUT2D eigenvalue weighted by atomic mass is 16.2. The van der Waals surface area contributed by atoms with Crippen LogP contribution in [0.3, 0.4) is 0 Å². The van der Waals surface area contributed by atoms with Crippen molar-refractivity contribution in [3.8, 4) is 0 Å². The predicted octanol–water partition coefficient (Wildman–Crippen LogP) is 2.97. The molecule has 3 rings (SSSR count). The van der Waals surface area contributed by atoms with Crippen molar-refractivity contribution in [2.24, 2.45) is 0 Å². The van der Waals surface area contributed by atoms with Gasteiger partial charge in [0.2, 0.25) is 0 Å². The number of nitrogens with zero attached hydrogens (tertiary/aromatic N) is 3. The molecule has 5 nitrogen and oxygen atoms in total. The van der Waals surface area contributed by atoms with Crippen molar-refractivity contribution in [1.29, 1.82) is 0 Å². The lowest BCUT2D eigenvalue weighted by Gasteiger charge is -2.37. The van der Waals surface area contributed by atoms with E-state index in [-0.39, 0.29) is 12.1 Å². The van der Waals surface area contributed by atoms with Crippen LogP contribution in [0.15, 0.2) is 48.7 Å². The molecule has 1 aromatic carbocycles. The molecule has 120 valence electrons. The van der Waals surface area contributed by atoms with Crippen molar-refractivity contribution in [3.63, 3.8) is 0 Å². The van der Waals surface area contributed by atoms with Crippen LogP contribution in [0.5, 0.6) is 0 Å². The molecule has 0 bridgehead atoms. The van der Waals surface area contributed by atoms with Crippen LogP contribution in [0.4, 0.5) is 10.5 Å². The summed E-state index contributed by atoms with van der Waals surface area (Å²) in [5, 5.41) is 2.99. The smallest absolute Gasteiger partial charge is 0.312 e. The molecule has 5 heteroatoms. The maximum Gasteiger partial charge on any atom is 0.322 e. The number of carbonyl (C=O) groups is 1. The SMILES string of the molecule is CN(C)CCCN1C(=O)Nc2ccccc2C1c1ccccn1. The molecule has 1 aliphatic rings. The number of pyridine rings is 1. The number of rotatable bonds is 5. The summed E-state index contributed by atoms with van der Waals surface area (Å²) in [6.45, 7) is 1.64. The van der Waals surface area contributed by atoms with Crippen LogP contribution in [0.1, 0.15) is 23.7 Å². The fourth-order valence-corrected chi connectivity index (χ4v) is 2.97. The van der Waals surface area contributed by atoms with Gasteiger partial charge in [-0.2, -0.15) is 0 Å². The van der Waals surface area contributed by atoms with Crippen LogP contribution in [0.25, 0.3) is 0 Å². The van der Waals surface area contributed by atoms with E-state index in [1.165, 1.54) is 0 Å². The number of carbonyl (C=O) groups excluding carboxylic acids is 1. The zero-order valence-electron chi connectivity index (χ0n) is 13.6. The van der Waals surface area contributed by atoms with E-state index in [0.29, 0.717) is 6.54 Å². The standard InChI is InChI=1S/C18H22N4O/c1-21(2)12-7-13-22-17(16-10-5-6-11-19-16)14-8-3-4-9-15(14)20-18(22)23/h3-6,8-11,17H,7,12-13H2,1-2H3,(H,20,23). The van der Waals surface area contributed by atoms with Crippen LogP contribution in [-0.4, -0.2) is 48.0 Å². The third kappa shape index (κ3) is 3.35. The Morgan fingerprint density at radius 2 is 1.96 bits per heavy atom. The summed E-state index contributed by atoms with van der Waals surface area (Å²) in [6.07, 6.45) is 2.70. The lowest BCUT2D eigenvalue weighted by atomic mass is 9.97. The summed E-state index contributed by atoms with van der Waals surface area (Å²) < 4.78 is 0. The minimum absolute atomic E-state index is 0.0573. The van der Waals surface area contributed by atoms with Crippen LogP contribution in [0.2, 0.25) is 0 Å². The summed E-state index contributed by atoms with van der Waals surface area (Å²) >= 11 is 0. The first-order chi connectivity index (χ1) is 11.2. The molecule has 2 aromatic rings. The van der Waals surface area contributed by atoms with Crippen LogP contribution in [-0.2, 0) is 0 Å². The minimum atomic E-state index is -0.136. The number of benzene rings is 1. The molecule has 1 aromatic heterocycles. The summed E-state index contributed by atoms with van der Waals surface area (Å²) in [5.74, 6) is 0. The molecule has 2 amide bonds. The number of hydrogen-bond acceptors (Lipinski definition) is 3. The Hall–Kier alpha value is -2.40. The topological polar surface area (TPSA) is 48.5 Å². The van der Waals surface area contributed by atoms with Crippen molar-refractivity contribution in [3.05, 3.63) is 59.9 Å². The summed E-state index contributed by atoms with van der Waals surface area (Å²) in [4.78, 5) is 21.1. The number of urea groups is 1. The van der Waals surface area contributed by atoms with Gasteiger partial charge in [0, 0.05) is 24.0 Å². The first-order valence-electron chi connectivity index (χ1n) is 7.89. The van der Waals surface area contributed by atoms with Gasteiger partial charge in [-0.15, -0.1) is 0 Å². The number of para-hydroxylation sites is 1. The van der Waals surface area contributed by atoms with E-state index in [2.05, 4.69) is 21.3 Å². The Bertz CT molecular complexity index is 672. The molecule has 0 aliphatic carbocycles. The molecule has 0 saturated carbocycles. The van der Waals surface area contributed by atoms with Gasteiger partial charge in [0.25, 0.3) is 0 Å². The molecule has 0 fully saturated rings. The summed E-state index contributed by atoms with van der Waals surface area (Å²) in [6, 6.07) is 13.6. The fourth-order valence-electron chi connectivity index (χ4n) is 2.97. The number of fused-ring (bicyclic) bond motifs is 1. The van der Waals surface area contributed by atoms with E-state index in [0.717, 1.165) is 29.9 Å². The largest absolute Gasteiger partial charge is 0.322 e. The van der Waals surface area contributed by atoms with E-state index < -0.39 is 0 Å². The zero-order valence-corrected chi connectivity index (χ0v) is 13.6. The molecule has 1 unspecified atom stereocenters. The van der Waals surface area contributed by atoms with Crippen LogP contribution >= 0.6 is 0 Å². The van der Waals surface area contributed by atoms with E-state index in [9.17, 15) is 4.79 Å². The van der Waals surface area contributed by atoms with E-state index in [1.54, 1.807) is 6.20 Å². The van der Waals surface area contributed by atoms with Gasteiger partial charge in [-0.25, -0.2) is 4.79 Å². The van der Waals surface area contributed by atoms with E-state index in [4.69, 9.17) is 0 Å². The van der Waals surface area contributed by atoms with Gasteiger partial charge >= 0.3 is 6.03 Å². The van der Waals surface area contributed by atoms with Crippen LogP contribution in [0, 0.1) is 0 Å². The molecule has 1 N–H and O–H groups in total. The summed E-state index contributed by atoms with van der Waals surface area (Å²) in [5.41, 5.74) is 2.87. The molecule has 1 atom stereocenters. The highest BCUT2D eigenvalue weighted by Gasteiger charge is 2.33. The number of aromatic nitrogens is 1. The first-order valence-corrected chi connectivity index (χ1v) is 7.89. The number of amides is 2. The third-order valence-electron chi connectivity index (χ3n) is 4.04. The molecule has 1 aliphatic heterocycles. The first kappa shape index (κ1) is 15.5. The van der Waals surface area contributed by atoms with Gasteiger partial charge in [-0.05, 0) is 45.3 Å². The summed E-state index contributed by atoms with van der Waals surface area (Å²) in [7, 11) is 4.09. The van der Waals surface area contributed by atoms with Gasteiger partial charge in [0.05, 0.1) is 5.69 Å². The molecular formula is C18H22N4O. The Labute approximate surface area is 136 Å². The number of anilines is 1. The van der Waals surface area contributed by atoms with Crippen molar-refractivity contribution in [1.82, 2.24) is 14.8 Å². The maximum atomic E-state index is 12.6. The van der Waals surface area contributed by atoms with Crippen LogP contribution < -0.4 is 5.32 Å². The Balaban J connectivity index is 1.95. The molecule has 23 heavy (non-hydrogen) atoms. The quantitative estimate of drug-likeness (QED) is 0.923. The van der Waals surface area contributed by atoms with Crippen molar-refractivity contribution < 1.29 is 4.79 Å². The molecular weight excluding hydrogens is 288 g/mol. The van der Waals surface area contributed by atoms with Gasteiger partial charge in [-0.3, -0.25) is 4.98 Å². The lowest BCUT2D eigenvalue weighted by Crippen LogP contribution is -2.44.